The molecule has 1 aromatic heterocycles. The number of sulfone groups is 1. The van der Waals surface area contributed by atoms with Crippen molar-refractivity contribution in [1.82, 2.24) is 14.8 Å². The topological polar surface area (TPSA) is 102 Å². The van der Waals surface area contributed by atoms with Crippen molar-refractivity contribution in [3.05, 3.63) is 11.6 Å². The monoisotopic (exact) mass is 313 g/mol. The Labute approximate surface area is 123 Å². The van der Waals surface area contributed by atoms with Gasteiger partial charge in [-0.25, -0.2) is 18.1 Å². The molecule has 0 radical (unpaired) electrons. The minimum Gasteiger partial charge on any atom is -0.481 e. The van der Waals surface area contributed by atoms with Crippen LogP contribution in [0, 0.1) is 5.92 Å². The first kappa shape index (κ1) is 14.5. The number of aryl methyl sites for hydroxylation is 1. The van der Waals surface area contributed by atoms with E-state index in [1.54, 1.807) is 4.68 Å². The van der Waals surface area contributed by atoms with Gasteiger partial charge in [0, 0.05) is 12.8 Å². The van der Waals surface area contributed by atoms with Gasteiger partial charge in [-0.1, -0.05) is 6.42 Å². The molecule has 0 spiro atoms. The van der Waals surface area contributed by atoms with Gasteiger partial charge in [-0.05, 0) is 19.3 Å². The summed E-state index contributed by atoms with van der Waals surface area (Å²) in [6.45, 7) is 0.328. The van der Waals surface area contributed by atoms with Crippen LogP contribution in [0.3, 0.4) is 0 Å². The van der Waals surface area contributed by atoms with Crippen molar-refractivity contribution in [1.29, 1.82) is 0 Å². The molecule has 0 amide bonds. The Morgan fingerprint density at radius 1 is 1.33 bits per heavy atom. The van der Waals surface area contributed by atoms with Gasteiger partial charge in [-0.15, -0.1) is 0 Å². The third-order valence-corrected chi connectivity index (χ3v) is 6.65. The molecule has 2 aliphatic heterocycles. The Hall–Kier alpha value is -1.44. The SMILES string of the molecule is O=C(O)C1CCc2nc(CC3CCCCS3(=O)=O)nn2C1. The molecule has 2 aliphatic rings. The van der Waals surface area contributed by atoms with Crippen molar-refractivity contribution >= 4 is 15.8 Å². The highest BCUT2D eigenvalue weighted by Crippen LogP contribution is 2.24. The fourth-order valence-electron chi connectivity index (χ4n) is 3.10. The van der Waals surface area contributed by atoms with E-state index >= 15 is 0 Å². The summed E-state index contributed by atoms with van der Waals surface area (Å²) in [5.41, 5.74) is 0. The average molecular weight is 313 g/mol. The molecule has 116 valence electrons. The lowest BCUT2D eigenvalue weighted by atomic mass is 10.0. The smallest absolute Gasteiger partial charge is 0.308 e. The van der Waals surface area contributed by atoms with Crippen molar-refractivity contribution in [2.45, 2.75) is 50.3 Å². The molecular weight excluding hydrogens is 294 g/mol. The van der Waals surface area contributed by atoms with Crippen molar-refractivity contribution in [3.8, 4) is 0 Å². The molecule has 2 atom stereocenters. The van der Waals surface area contributed by atoms with E-state index in [0.717, 1.165) is 18.7 Å². The molecule has 1 N–H and O–H groups in total. The van der Waals surface area contributed by atoms with Crippen molar-refractivity contribution in [2.24, 2.45) is 5.92 Å². The van der Waals surface area contributed by atoms with E-state index in [4.69, 9.17) is 5.11 Å². The number of nitrogens with zero attached hydrogens (tertiary/aromatic N) is 3. The van der Waals surface area contributed by atoms with Crippen LogP contribution in [0.25, 0.3) is 0 Å². The number of carbonyl (C=O) groups is 1. The standard InChI is InChI=1S/C13H19N3O4S/c17-13(18)9-4-5-12-14-11(15-16(12)8-9)7-10-3-1-2-6-21(10,19)20/h9-10H,1-8H2,(H,17,18). The Bertz CT molecular complexity index is 652. The van der Waals surface area contributed by atoms with Crippen LogP contribution in [0.1, 0.15) is 37.3 Å². The maximum absolute atomic E-state index is 12.0. The number of carboxylic acid groups (broad SMARTS) is 1. The molecule has 0 aromatic carbocycles. The van der Waals surface area contributed by atoms with Gasteiger partial charge in [0.2, 0.25) is 0 Å². The van der Waals surface area contributed by atoms with Crippen molar-refractivity contribution in [2.75, 3.05) is 5.75 Å². The van der Waals surface area contributed by atoms with E-state index in [1.807, 2.05) is 0 Å². The summed E-state index contributed by atoms with van der Waals surface area (Å²) in [6.07, 6.45) is 3.84. The van der Waals surface area contributed by atoms with Gasteiger partial charge in [0.05, 0.1) is 23.5 Å². The number of hydrogen-bond acceptors (Lipinski definition) is 5. The van der Waals surface area contributed by atoms with Crippen LogP contribution in [0.2, 0.25) is 0 Å². The van der Waals surface area contributed by atoms with Crippen LogP contribution in [0.5, 0.6) is 0 Å². The summed E-state index contributed by atoms with van der Waals surface area (Å²) < 4.78 is 25.7. The summed E-state index contributed by atoms with van der Waals surface area (Å²) >= 11 is 0. The molecule has 0 aliphatic carbocycles. The first-order valence-electron chi connectivity index (χ1n) is 7.32. The van der Waals surface area contributed by atoms with Crippen LogP contribution in [-0.2, 0) is 34.0 Å². The zero-order chi connectivity index (χ0) is 15.0. The largest absolute Gasteiger partial charge is 0.481 e. The minimum absolute atomic E-state index is 0.256. The van der Waals surface area contributed by atoms with Gasteiger partial charge in [-0.2, -0.15) is 5.10 Å². The Morgan fingerprint density at radius 2 is 2.14 bits per heavy atom. The van der Waals surface area contributed by atoms with Crippen molar-refractivity contribution in [3.63, 3.8) is 0 Å². The van der Waals surface area contributed by atoms with E-state index in [2.05, 4.69) is 10.1 Å². The van der Waals surface area contributed by atoms with E-state index < -0.39 is 21.7 Å². The summed E-state index contributed by atoms with van der Waals surface area (Å²) in [5, 5.41) is 13.0. The second-order valence-corrected chi connectivity index (χ2v) is 8.29. The lowest BCUT2D eigenvalue weighted by molar-refractivity contribution is -0.142. The second-order valence-electron chi connectivity index (χ2n) is 5.89. The summed E-state index contributed by atoms with van der Waals surface area (Å²) in [5.74, 6) is 0.326. The fraction of sp³-hybridized carbons (Fsp3) is 0.769. The Morgan fingerprint density at radius 3 is 2.86 bits per heavy atom. The first-order valence-corrected chi connectivity index (χ1v) is 9.04. The van der Waals surface area contributed by atoms with Crippen LogP contribution in [0.4, 0.5) is 0 Å². The van der Waals surface area contributed by atoms with Crippen LogP contribution < -0.4 is 0 Å². The van der Waals surface area contributed by atoms with Crippen LogP contribution in [-0.4, -0.2) is 45.3 Å². The number of hydrogen-bond donors (Lipinski definition) is 1. The quantitative estimate of drug-likeness (QED) is 0.868. The zero-order valence-electron chi connectivity index (χ0n) is 11.7. The molecule has 8 heteroatoms. The fourth-order valence-corrected chi connectivity index (χ4v) is 4.97. The maximum Gasteiger partial charge on any atom is 0.308 e. The van der Waals surface area contributed by atoms with Gasteiger partial charge < -0.3 is 5.11 Å². The molecule has 0 saturated carbocycles. The highest BCUT2D eigenvalue weighted by Gasteiger charge is 2.31. The minimum atomic E-state index is -3.03. The maximum atomic E-state index is 12.0. The Kier molecular flexibility index (Phi) is 3.73. The Balaban J connectivity index is 1.75. The zero-order valence-corrected chi connectivity index (χ0v) is 12.5. The molecule has 7 nitrogen and oxygen atoms in total. The molecule has 21 heavy (non-hydrogen) atoms. The van der Waals surface area contributed by atoms with E-state index in [0.29, 0.717) is 38.1 Å². The van der Waals surface area contributed by atoms with Crippen molar-refractivity contribution < 1.29 is 18.3 Å². The molecule has 3 rings (SSSR count). The van der Waals surface area contributed by atoms with Crippen LogP contribution in [0.15, 0.2) is 0 Å². The van der Waals surface area contributed by atoms with E-state index in [-0.39, 0.29) is 11.0 Å². The molecule has 1 fully saturated rings. The number of fused-ring (bicyclic) bond motifs is 1. The summed E-state index contributed by atoms with van der Waals surface area (Å²) in [7, 11) is -3.03. The van der Waals surface area contributed by atoms with Gasteiger partial charge in [0.15, 0.2) is 15.7 Å². The molecule has 1 aromatic rings. The number of carboxylic acids is 1. The highest BCUT2D eigenvalue weighted by molar-refractivity contribution is 7.92. The number of rotatable bonds is 3. The molecule has 0 bridgehead atoms. The molecular formula is C13H19N3O4S. The highest BCUT2D eigenvalue weighted by atomic mass is 32.2. The molecule has 1 saturated heterocycles. The van der Waals surface area contributed by atoms with Gasteiger partial charge in [0.25, 0.3) is 0 Å². The van der Waals surface area contributed by atoms with E-state index in [9.17, 15) is 13.2 Å². The molecule has 2 unspecified atom stereocenters. The summed E-state index contributed by atoms with van der Waals surface area (Å²) in [4.78, 5) is 15.4. The normalized spacial score (nSPS) is 28.0. The predicted molar refractivity (Wildman–Crippen MR) is 74.6 cm³/mol. The molecule has 3 heterocycles. The third kappa shape index (κ3) is 2.95. The van der Waals surface area contributed by atoms with Gasteiger partial charge >= 0.3 is 5.97 Å². The first-order chi connectivity index (χ1) is 9.95. The van der Waals surface area contributed by atoms with Crippen LogP contribution >= 0.6 is 0 Å². The number of aromatic nitrogens is 3. The average Bonchev–Trinajstić information content (AvgIpc) is 2.82. The predicted octanol–water partition coefficient (Wildman–Crippen LogP) is 0.435. The van der Waals surface area contributed by atoms with E-state index in [1.165, 1.54) is 0 Å². The lowest BCUT2D eigenvalue weighted by Gasteiger charge is -2.20. The summed E-state index contributed by atoms with van der Waals surface area (Å²) in [6, 6.07) is 0. The second kappa shape index (κ2) is 5.40. The third-order valence-electron chi connectivity index (χ3n) is 4.37. The number of aliphatic carboxylic acids is 1. The van der Waals surface area contributed by atoms with Gasteiger partial charge in [0.1, 0.15) is 5.82 Å². The lowest BCUT2D eigenvalue weighted by Crippen LogP contribution is -2.30. The van der Waals surface area contributed by atoms with Gasteiger partial charge in [-0.3, -0.25) is 4.79 Å².